The molecular formula is C24H21F4IN4O3. The summed E-state index contributed by atoms with van der Waals surface area (Å²) in [4.78, 5) is 20.3. The molecular weight excluding hydrogens is 595 g/mol. The van der Waals surface area contributed by atoms with Crippen molar-refractivity contribution < 1.29 is 32.2 Å². The van der Waals surface area contributed by atoms with Gasteiger partial charge in [-0.15, -0.1) is 0 Å². The normalized spacial score (nSPS) is 14.9. The molecule has 36 heavy (non-hydrogen) atoms. The van der Waals surface area contributed by atoms with E-state index in [1.54, 1.807) is 18.2 Å². The Morgan fingerprint density at radius 2 is 1.94 bits per heavy atom. The van der Waals surface area contributed by atoms with Gasteiger partial charge in [0.1, 0.15) is 0 Å². The van der Waals surface area contributed by atoms with Crippen LogP contribution in [0.3, 0.4) is 0 Å². The molecule has 0 radical (unpaired) electrons. The molecule has 1 amide bonds. The molecule has 2 heterocycles. The fraction of sp³-hybridized carbons (Fsp3) is 0.208. The topological polar surface area (TPSA) is 95.8 Å². The third-order valence-electron chi connectivity index (χ3n) is 4.99. The first kappa shape index (κ1) is 25.8. The van der Waals surface area contributed by atoms with E-state index in [2.05, 4.69) is 20.6 Å². The van der Waals surface area contributed by atoms with Gasteiger partial charge in [0.25, 0.3) is 0 Å². The van der Waals surface area contributed by atoms with Crippen LogP contribution >= 0.6 is 19.8 Å². The summed E-state index contributed by atoms with van der Waals surface area (Å²) in [6.45, 7) is 1.86. The first-order valence-corrected chi connectivity index (χ1v) is 14.4. The molecule has 2 aromatic carbocycles. The summed E-state index contributed by atoms with van der Waals surface area (Å²) < 4.78 is 61.7. The molecule has 0 saturated heterocycles. The Labute approximate surface area is 211 Å². The van der Waals surface area contributed by atoms with Crippen LogP contribution in [0.4, 0.5) is 28.9 Å². The maximum atomic E-state index is 14.3. The van der Waals surface area contributed by atoms with Crippen molar-refractivity contribution in [2.24, 2.45) is 4.99 Å². The average Bonchev–Trinajstić information content (AvgIpc) is 3.19. The van der Waals surface area contributed by atoms with Gasteiger partial charge in [-0.1, -0.05) is 0 Å². The van der Waals surface area contributed by atoms with Crippen molar-refractivity contribution in [2.75, 3.05) is 22.9 Å². The van der Waals surface area contributed by atoms with Crippen molar-refractivity contribution in [2.45, 2.75) is 13.1 Å². The van der Waals surface area contributed by atoms with Gasteiger partial charge in [0.2, 0.25) is 0 Å². The summed E-state index contributed by atoms with van der Waals surface area (Å²) in [5.41, 5.74) is -0.512. The third kappa shape index (κ3) is 5.75. The molecule has 0 atom stereocenters. The number of fused-ring (bicyclic) bond motifs is 1. The molecule has 12 heteroatoms. The number of alkyl halides is 4. The maximum absolute atomic E-state index is 14.3. The number of halogens is 5. The SMILES string of the molecule is CCI1C(=Nc2cc(C(F)(F)F)ccc2F)Nc2cc(Oc3ccnc(C(=O)NCCO)c3)ccc21. The quantitative estimate of drug-likeness (QED) is 0.140. The van der Waals surface area contributed by atoms with Gasteiger partial charge in [0.15, 0.2) is 0 Å². The molecule has 1 aromatic heterocycles. The van der Waals surface area contributed by atoms with Gasteiger partial charge >= 0.3 is 206 Å². The summed E-state index contributed by atoms with van der Waals surface area (Å²) in [5.74, 6) is -0.471. The number of aliphatic hydroxyl groups excluding tert-OH is 1. The molecule has 0 aliphatic carbocycles. The second-order valence-corrected chi connectivity index (χ2v) is 13.2. The Hall–Kier alpha value is -3.26. The second-order valence-electron chi connectivity index (χ2n) is 7.42. The number of rotatable bonds is 7. The summed E-state index contributed by atoms with van der Waals surface area (Å²) in [5, 5.41) is 14.5. The average molecular weight is 616 g/mol. The second kappa shape index (κ2) is 10.8. The van der Waals surface area contributed by atoms with Gasteiger partial charge in [0, 0.05) is 0 Å². The summed E-state index contributed by atoms with van der Waals surface area (Å²) >= 11 is -2.12. The van der Waals surface area contributed by atoms with Gasteiger partial charge in [-0.25, -0.2) is 0 Å². The van der Waals surface area contributed by atoms with E-state index in [1.807, 2.05) is 13.0 Å². The fourth-order valence-corrected chi connectivity index (χ4v) is 8.22. The van der Waals surface area contributed by atoms with E-state index >= 15 is 0 Å². The monoisotopic (exact) mass is 616 g/mol. The molecule has 0 saturated carbocycles. The molecule has 1 aliphatic rings. The molecule has 4 rings (SSSR count). The van der Waals surface area contributed by atoms with E-state index in [4.69, 9.17) is 9.84 Å². The van der Waals surface area contributed by atoms with Crippen LogP contribution in [0.5, 0.6) is 11.5 Å². The number of hydrogen-bond donors (Lipinski definition) is 3. The number of ether oxygens (including phenoxy) is 1. The van der Waals surface area contributed by atoms with Crippen molar-refractivity contribution in [3.8, 4) is 11.5 Å². The standard InChI is InChI=1S/C24H21F4IN4O3/c1-2-29-18-6-4-15(36-16-7-8-30-21(13-16)22(35)31-9-10-34)12-20(18)33-23(29)32-19-11-14(24(26,27)28)3-5-17(19)25/h3-8,11-13,34H,2,9-10H2,1H3,(H,31,35)(H,32,33). The molecule has 190 valence electrons. The number of pyridine rings is 1. The number of aliphatic imine (C=N–C) groups is 1. The number of carbonyl (C=O) groups excluding carboxylic acids is 1. The molecule has 0 spiro atoms. The molecule has 0 unspecified atom stereocenters. The zero-order valence-corrected chi connectivity index (χ0v) is 21.0. The number of amidine groups is 1. The van der Waals surface area contributed by atoms with Crippen LogP contribution in [0.2, 0.25) is 0 Å². The number of aliphatic hydroxyl groups is 1. The Kier molecular flexibility index (Phi) is 7.73. The predicted molar refractivity (Wildman–Crippen MR) is 136 cm³/mol. The third-order valence-corrected chi connectivity index (χ3v) is 10.6. The van der Waals surface area contributed by atoms with Crippen molar-refractivity contribution in [1.82, 2.24) is 10.3 Å². The molecule has 0 fully saturated rings. The first-order valence-electron chi connectivity index (χ1n) is 10.7. The van der Waals surface area contributed by atoms with Gasteiger partial charge in [0.05, 0.1) is 0 Å². The molecule has 7 nitrogen and oxygen atoms in total. The Morgan fingerprint density at radius 1 is 1.17 bits per heavy atom. The van der Waals surface area contributed by atoms with E-state index < -0.39 is 43.3 Å². The predicted octanol–water partition coefficient (Wildman–Crippen LogP) is 5.56. The number of aromatic nitrogens is 1. The number of carbonyl (C=O) groups is 1. The summed E-state index contributed by atoms with van der Waals surface area (Å²) in [7, 11) is 0. The van der Waals surface area contributed by atoms with E-state index in [0.717, 1.165) is 14.1 Å². The zero-order chi connectivity index (χ0) is 25.9. The van der Waals surface area contributed by atoms with E-state index in [0.29, 0.717) is 33.2 Å². The van der Waals surface area contributed by atoms with Crippen LogP contribution in [-0.2, 0) is 6.18 Å². The van der Waals surface area contributed by atoms with Gasteiger partial charge < -0.3 is 5.11 Å². The van der Waals surface area contributed by atoms with Crippen molar-refractivity contribution in [3.63, 3.8) is 0 Å². The fourth-order valence-electron chi connectivity index (χ4n) is 3.35. The van der Waals surface area contributed by atoms with E-state index in [1.165, 1.54) is 12.3 Å². The molecule has 3 N–H and O–H groups in total. The number of benzene rings is 2. The van der Waals surface area contributed by atoms with E-state index in [-0.39, 0.29) is 24.5 Å². The van der Waals surface area contributed by atoms with Crippen LogP contribution < -0.4 is 15.4 Å². The Bertz CT molecular complexity index is 1320. The van der Waals surface area contributed by atoms with Crippen molar-refractivity contribution in [3.05, 3.63) is 75.4 Å². The molecule has 0 bridgehead atoms. The Morgan fingerprint density at radius 3 is 2.67 bits per heavy atom. The number of nitrogens with one attached hydrogen (secondary N) is 2. The number of amides is 1. The van der Waals surface area contributed by atoms with Crippen LogP contribution in [0.25, 0.3) is 0 Å². The number of anilines is 1. The van der Waals surface area contributed by atoms with Crippen LogP contribution in [0.15, 0.2) is 59.7 Å². The van der Waals surface area contributed by atoms with Crippen molar-refractivity contribution >= 4 is 40.9 Å². The molecule has 1 aliphatic heterocycles. The minimum atomic E-state index is -4.60. The van der Waals surface area contributed by atoms with E-state index in [9.17, 15) is 22.4 Å². The minimum absolute atomic E-state index is 0.0966. The van der Waals surface area contributed by atoms with Crippen LogP contribution in [0, 0.1) is 9.39 Å². The van der Waals surface area contributed by atoms with Gasteiger partial charge in [-0.05, 0) is 0 Å². The van der Waals surface area contributed by atoms with Crippen LogP contribution in [0.1, 0.15) is 23.0 Å². The zero-order valence-electron chi connectivity index (χ0n) is 18.9. The van der Waals surface area contributed by atoms with Gasteiger partial charge in [-0.2, -0.15) is 0 Å². The number of nitrogens with zero attached hydrogens (tertiary/aromatic N) is 2. The van der Waals surface area contributed by atoms with Crippen molar-refractivity contribution in [1.29, 1.82) is 0 Å². The Balaban J connectivity index is 1.58. The summed E-state index contributed by atoms with van der Waals surface area (Å²) in [6, 6.07) is 10.6. The first-order chi connectivity index (χ1) is 17.2. The van der Waals surface area contributed by atoms with Crippen LogP contribution in [-0.4, -0.2) is 37.4 Å². The number of hydrogen-bond acceptors (Lipinski definition) is 5. The van der Waals surface area contributed by atoms with Gasteiger partial charge in [-0.3, -0.25) is 0 Å². The molecule has 3 aromatic rings. The summed E-state index contributed by atoms with van der Waals surface area (Å²) in [6.07, 6.45) is -3.18.